The minimum absolute atomic E-state index is 0.393. The van der Waals surface area contributed by atoms with Gasteiger partial charge < -0.3 is 9.64 Å². The maximum atomic E-state index is 5.93. The minimum Gasteiger partial charge on any atom is -0.378 e. The fraction of sp³-hybridized carbons (Fsp3) is 0.667. The normalized spacial score (nSPS) is 24.4. The number of nitrogens with zero attached hydrogens (tertiary/aromatic N) is 3. The van der Waals surface area contributed by atoms with Crippen LogP contribution >= 0.6 is 0 Å². The quantitative estimate of drug-likeness (QED) is 0.833. The smallest absolute Gasteiger partial charge is 0.130 e. The van der Waals surface area contributed by atoms with Gasteiger partial charge >= 0.3 is 0 Å². The lowest BCUT2D eigenvalue weighted by atomic mass is 9.90. The van der Waals surface area contributed by atoms with Crippen molar-refractivity contribution < 1.29 is 14.4 Å². The van der Waals surface area contributed by atoms with Crippen molar-refractivity contribution in [1.82, 2.24) is 4.98 Å². The van der Waals surface area contributed by atoms with E-state index in [-0.39, 0.29) is 0 Å². The third-order valence-corrected chi connectivity index (χ3v) is 4.35. The zero-order valence-electron chi connectivity index (χ0n) is 13.1. The highest BCUT2D eigenvalue weighted by atomic mass is 17.0. The summed E-state index contributed by atoms with van der Waals surface area (Å²) < 4.78 is 5.38. The fourth-order valence-corrected chi connectivity index (χ4v) is 2.25. The van der Waals surface area contributed by atoms with E-state index in [0.29, 0.717) is 0 Å². The molecule has 0 spiro atoms. The van der Waals surface area contributed by atoms with Crippen molar-refractivity contribution in [1.29, 1.82) is 0 Å². The van der Waals surface area contributed by atoms with Gasteiger partial charge in [0.05, 0.1) is 18.9 Å². The lowest BCUT2D eigenvalue weighted by Crippen LogP contribution is -2.41. The third kappa shape index (κ3) is 2.71. The molecule has 2 fully saturated rings. The summed E-state index contributed by atoms with van der Waals surface area (Å²) in [6.45, 7) is 11.3. The van der Waals surface area contributed by atoms with E-state index in [1.54, 1.807) is 6.20 Å². The van der Waals surface area contributed by atoms with Crippen molar-refractivity contribution in [2.45, 2.75) is 38.9 Å². The first kappa shape index (κ1) is 14.6. The summed E-state index contributed by atoms with van der Waals surface area (Å²) in [6.07, 6.45) is 1.78. The van der Waals surface area contributed by atoms with Gasteiger partial charge in [0, 0.05) is 25.4 Å². The van der Waals surface area contributed by atoms with Gasteiger partial charge in [-0.15, -0.1) is 5.23 Å². The zero-order chi connectivity index (χ0) is 15.1. The van der Waals surface area contributed by atoms with E-state index < -0.39 is 11.2 Å². The van der Waals surface area contributed by atoms with Gasteiger partial charge in [0.2, 0.25) is 0 Å². The fourth-order valence-electron chi connectivity index (χ4n) is 2.25. The predicted octanol–water partition coefficient (Wildman–Crippen LogP) is 2.16. The summed E-state index contributed by atoms with van der Waals surface area (Å²) >= 11 is 0. The average molecular weight is 293 g/mol. The lowest BCUT2D eigenvalue weighted by Gasteiger charge is -2.28. The molecule has 2 aliphatic rings. The molecular weight excluding hydrogens is 270 g/mol. The first-order chi connectivity index (χ1) is 9.89. The monoisotopic (exact) mass is 293 g/mol. The molecule has 0 atom stereocenters. The molecule has 6 nitrogen and oxygen atoms in total. The maximum absolute atomic E-state index is 5.93. The van der Waals surface area contributed by atoms with Gasteiger partial charge in [-0.2, -0.15) is 0 Å². The highest BCUT2D eigenvalue weighted by Gasteiger charge is 2.50. The summed E-state index contributed by atoms with van der Waals surface area (Å²) in [4.78, 5) is 18.5. The third-order valence-electron chi connectivity index (χ3n) is 4.35. The molecule has 116 valence electrons. The second kappa shape index (κ2) is 5.12. The Morgan fingerprint density at radius 1 is 1.05 bits per heavy atom. The van der Waals surface area contributed by atoms with Crippen LogP contribution in [0.3, 0.4) is 0 Å². The van der Waals surface area contributed by atoms with E-state index in [4.69, 9.17) is 14.4 Å². The van der Waals surface area contributed by atoms with Crippen LogP contribution < -0.4 is 10.1 Å². The number of hydrogen-bond acceptors (Lipinski definition) is 6. The number of rotatable bonds is 2. The zero-order valence-corrected chi connectivity index (χ0v) is 13.1. The Bertz CT molecular complexity index is 497. The van der Waals surface area contributed by atoms with E-state index >= 15 is 0 Å². The molecule has 3 heterocycles. The molecule has 2 saturated heterocycles. The van der Waals surface area contributed by atoms with Crippen LogP contribution in [0.4, 0.5) is 11.5 Å². The van der Waals surface area contributed by atoms with Crippen LogP contribution in [0.5, 0.6) is 0 Å². The van der Waals surface area contributed by atoms with Crippen molar-refractivity contribution in [2.24, 2.45) is 0 Å². The molecule has 6 heteroatoms. The molecule has 0 unspecified atom stereocenters. The van der Waals surface area contributed by atoms with E-state index in [1.807, 2.05) is 39.8 Å². The molecule has 0 aliphatic carbocycles. The second-order valence-electron chi connectivity index (χ2n) is 6.43. The molecule has 0 amide bonds. The first-order valence-electron chi connectivity index (χ1n) is 7.36. The summed E-state index contributed by atoms with van der Waals surface area (Å²) in [6, 6.07) is 3.88. The molecule has 0 saturated carbocycles. The molecule has 21 heavy (non-hydrogen) atoms. The van der Waals surface area contributed by atoms with E-state index in [9.17, 15) is 0 Å². The molecule has 1 aromatic heterocycles. The van der Waals surface area contributed by atoms with Crippen LogP contribution in [0.2, 0.25) is 0 Å². The Morgan fingerprint density at radius 2 is 1.67 bits per heavy atom. The molecular formula is C15H23N3O3. The summed E-state index contributed by atoms with van der Waals surface area (Å²) in [5, 5.41) is 1.51. The Hall–Kier alpha value is -1.37. The van der Waals surface area contributed by atoms with Gasteiger partial charge in [-0.05, 0) is 33.8 Å². The highest BCUT2D eigenvalue weighted by Crippen LogP contribution is 2.40. The number of pyridine rings is 1. The van der Waals surface area contributed by atoms with Crippen molar-refractivity contribution in [2.75, 3.05) is 36.4 Å². The van der Waals surface area contributed by atoms with Gasteiger partial charge in [-0.3, -0.25) is 0 Å². The number of anilines is 2. The van der Waals surface area contributed by atoms with Crippen molar-refractivity contribution in [3.05, 3.63) is 18.3 Å². The summed E-state index contributed by atoms with van der Waals surface area (Å²) in [5.41, 5.74) is 0.0651. The molecule has 0 aromatic carbocycles. The first-order valence-corrected chi connectivity index (χ1v) is 7.36. The highest BCUT2D eigenvalue weighted by molar-refractivity contribution is 5.53. The van der Waals surface area contributed by atoms with Gasteiger partial charge in [0.1, 0.15) is 17.0 Å². The average Bonchev–Trinajstić information content (AvgIpc) is 2.69. The van der Waals surface area contributed by atoms with Gasteiger partial charge in [-0.25, -0.2) is 14.7 Å². The Labute approximate surface area is 125 Å². The number of hydrogen-bond donors (Lipinski definition) is 0. The van der Waals surface area contributed by atoms with Gasteiger partial charge in [0.25, 0.3) is 0 Å². The van der Waals surface area contributed by atoms with E-state index in [2.05, 4.69) is 9.88 Å². The number of ether oxygens (including phenoxy) is 1. The van der Waals surface area contributed by atoms with Crippen LogP contribution in [0.15, 0.2) is 18.3 Å². The van der Waals surface area contributed by atoms with E-state index in [1.165, 1.54) is 5.23 Å². The molecule has 2 aliphatic heterocycles. The Morgan fingerprint density at radius 3 is 2.29 bits per heavy atom. The Balaban J connectivity index is 1.81. The van der Waals surface area contributed by atoms with Crippen LogP contribution in [0, 0.1) is 0 Å². The van der Waals surface area contributed by atoms with Crippen molar-refractivity contribution in [3.63, 3.8) is 0 Å². The SMILES string of the molecule is CC1(C)ON(c2ccnc(N3CCOCC3)c2)OC1(C)C. The molecule has 0 radical (unpaired) electrons. The van der Waals surface area contributed by atoms with Crippen LogP contribution in [-0.4, -0.2) is 42.5 Å². The number of morpholine rings is 1. The number of aromatic nitrogens is 1. The van der Waals surface area contributed by atoms with Crippen LogP contribution in [0.25, 0.3) is 0 Å². The van der Waals surface area contributed by atoms with Gasteiger partial charge in [0.15, 0.2) is 0 Å². The standard InChI is InChI=1S/C15H23N3O3/c1-14(2)15(3,4)21-18(20-14)12-5-6-16-13(11-12)17-7-9-19-10-8-17/h5-6,11H,7-10H2,1-4H3. The van der Waals surface area contributed by atoms with Gasteiger partial charge in [-0.1, -0.05) is 0 Å². The molecule has 3 rings (SSSR count). The largest absolute Gasteiger partial charge is 0.378 e. The topological polar surface area (TPSA) is 47.1 Å². The minimum atomic E-state index is -0.393. The van der Waals surface area contributed by atoms with Crippen molar-refractivity contribution in [3.8, 4) is 0 Å². The molecule has 0 bridgehead atoms. The predicted molar refractivity (Wildman–Crippen MR) is 80.1 cm³/mol. The molecule has 1 aromatic rings. The Kier molecular flexibility index (Phi) is 3.55. The second-order valence-corrected chi connectivity index (χ2v) is 6.43. The maximum Gasteiger partial charge on any atom is 0.130 e. The summed E-state index contributed by atoms with van der Waals surface area (Å²) in [7, 11) is 0. The molecule has 0 N–H and O–H groups in total. The van der Waals surface area contributed by atoms with Crippen LogP contribution in [-0.2, 0) is 14.4 Å². The lowest BCUT2D eigenvalue weighted by molar-refractivity contribution is -0.0273. The van der Waals surface area contributed by atoms with E-state index in [0.717, 1.165) is 37.8 Å². The summed E-state index contributed by atoms with van der Waals surface area (Å²) in [5.74, 6) is 0.922. The van der Waals surface area contributed by atoms with Crippen molar-refractivity contribution >= 4 is 11.5 Å². The van der Waals surface area contributed by atoms with Crippen LogP contribution in [0.1, 0.15) is 27.7 Å².